The predicted molar refractivity (Wildman–Crippen MR) is 89.9 cm³/mol. The third-order valence-electron chi connectivity index (χ3n) is 4.60. The third-order valence-corrected chi connectivity index (χ3v) is 5.74. The number of nitrogens with zero attached hydrogens (tertiary/aromatic N) is 1. The first-order valence-corrected chi connectivity index (χ1v) is 8.87. The van der Waals surface area contributed by atoms with Gasteiger partial charge in [-0.2, -0.15) is 0 Å². The summed E-state index contributed by atoms with van der Waals surface area (Å²) in [7, 11) is 0. The molecule has 2 nitrogen and oxygen atoms in total. The maximum atomic E-state index is 4.86. The van der Waals surface area contributed by atoms with E-state index in [4.69, 9.17) is 4.98 Å². The smallest absolute Gasteiger partial charge is 0.114 e. The monoisotopic (exact) mass is 300 g/mol. The van der Waals surface area contributed by atoms with Crippen molar-refractivity contribution in [2.75, 3.05) is 6.54 Å². The van der Waals surface area contributed by atoms with E-state index >= 15 is 0 Å². The van der Waals surface area contributed by atoms with Crippen molar-refractivity contribution in [1.29, 1.82) is 0 Å². The molecule has 0 aliphatic heterocycles. The number of nitrogens with one attached hydrogen (secondary N) is 1. The molecule has 1 aliphatic rings. The summed E-state index contributed by atoms with van der Waals surface area (Å²) in [6, 6.07) is 11.0. The molecular weight excluding hydrogens is 276 g/mol. The fraction of sp³-hybridized carbons (Fsp3) is 0.500. The molecule has 1 aromatic carbocycles. The van der Waals surface area contributed by atoms with Gasteiger partial charge in [0.25, 0.3) is 0 Å². The van der Waals surface area contributed by atoms with Crippen LogP contribution in [0.25, 0.3) is 0 Å². The van der Waals surface area contributed by atoms with E-state index in [1.165, 1.54) is 36.3 Å². The van der Waals surface area contributed by atoms with Gasteiger partial charge in [-0.25, -0.2) is 4.98 Å². The standard InChI is InChI=1S/C18H24N2S/c1-3-19-18(17-20-14(2)13-21-17)12-8-7-11-16(18)15-9-5-4-6-10-15/h4-6,9-10,13,16,19H,3,7-8,11-12H2,1-2H3. The number of likely N-dealkylation sites (N-methyl/N-ethyl adjacent to an activating group) is 1. The lowest BCUT2D eigenvalue weighted by Crippen LogP contribution is -2.49. The van der Waals surface area contributed by atoms with Gasteiger partial charge in [0, 0.05) is 17.0 Å². The molecule has 2 atom stereocenters. The van der Waals surface area contributed by atoms with Gasteiger partial charge in [-0.05, 0) is 31.9 Å². The van der Waals surface area contributed by atoms with Crippen molar-refractivity contribution in [1.82, 2.24) is 10.3 Å². The molecule has 0 amide bonds. The summed E-state index contributed by atoms with van der Waals surface area (Å²) in [5, 5.41) is 7.28. The zero-order chi connectivity index (χ0) is 14.7. The molecule has 1 heterocycles. The van der Waals surface area contributed by atoms with Crippen LogP contribution < -0.4 is 5.32 Å². The SMILES string of the molecule is CCNC1(c2nc(C)cs2)CCCCC1c1ccccc1. The summed E-state index contributed by atoms with van der Waals surface area (Å²) >= 11 is 1.82. The van der Waals surface area contributed by atoms with Crippen LogP contribution in [0.15, 0.2) is 35.7 Å². The van der Waals surface area contributed by atoms with Crippen molar-refractivity contribution in [3.63, 3.8) is 0 Å². The van der Waals surface area contributed by atoms with Gasteiger partial charge in [-0.15, -0.1) is 11.3 Å². The van der Waals surface area contributed by atoms with E-state index in [2.05, 4.69) is 54.9 Å². The second-order valence-corrected chi connectivity index (χ2v) is 6.86. The van der Waals surface area contributed by atoms with E-state index in [0.29, 0.717) is 5.92 Å². The minimum Gasteiger partial charge on any atom is -0.305 e. The van der Waals surface area contributed by atoms with E-state index < -0.39 is 0 Å². The van der Waals surface area contributed by atoms with Gasteiger partial charge in [0.05, 0.1) is 5.54 Å². The van der Waals surface area contributed by atoms with Gasteiger partial charge in [-0.1, -0.05) is 50.1 Å². The molecule has 2 aromatic rings. The number of thiazole rings is 1. The number of hydrogen-bond donors (Lipinski definition) is 1. The quantitative estimate of drug-likeness (QED) is 0.891. The van der Waals surface area contributed by atoms with Crippen molar-refractivity contribution in [3.8, 4) is 0 Å². The Labute approximate surface area is 131 Å². The highest BCUT2D eigenvalue weighted by Gasteiger charge is 2.44. The van der Waals surface area contributed by atoms with Gasteiger partial charge in [-0.3, -0.25) is 0 Å². The van der Waals surface area contributed by atoms with Gasteiger partial charge in [0.1, 0.15) is 5.01 Å². The summed E-state index contributed by atoms with van der Waals surface area (Å²) in [5.74, 6) is 0.526. The normalized spacial score (nSPS) is 25.9. The van der Waals surface area contributed by atoms with Crippen LogP contribution in [0.2, 0.25) is 0 Å². The molecule has 1 N–H and O–H groups in total. The van der Waals surface area contributed by atoms with Crippen LogP contribution in [-0.4, -0.2) is 11.5 Å². The largest absolute Gasteiger partial charge is 0.305 e. The Kier molecular flexibility index (Phi) is 4.41. The zero-order valence-corrected chi connectivity index (χ0v) is 13.7. The lowest BCUT2D eigenvalue weighted by atomic mass is 9.69. The van der Waals surface area contributed by atoms with Crippen molar-refractivity contribution < 1.29 is 0 Å². The third kappa shape index (κ3) is 2.77. The predicted octanol–water partition coefficient (Wildman–Crippen LogP) is 4.61. The van der Waals surface area contributed by atoms with Crippen molar-refractivity contribution >= 4 is 11.3 Å². The Morgan fingerprint density at radius 2 is 2.10 bits per heavy atom. The average Bonchev–Trinajstić information content (AvgIpc) is 2.96. The summed E-state index contributed by atoms with van der Waals surface area (Å²) in [6.07, 6.45) is 5.04. The first-order chi connectivity index (χ1) is 10.3. The Morgan fingerprint density at radius 1 is 1.29 bits per heavy atom. The van der Waals surface area contributed by atoms with Gasteiger partial charge in [0.2, 0.25) is 0 Å². The van der Waals surface area contributed by atoms with E-state index in [9.17, 15) is 0 Å². The average molecular weight is 300 g/mol. The van der Waals surface area contributed by atoms with Gasteiger partial charge in [0.15, 0.2) is 0 Å². The highest BCUT2D eigenvalue weighted by Crippen LogP contribution is 2.48. The van der Waals surface area contributed by atoms with Crippen LogP contribution in [0.1, 0.15) is 54.8 Å². The van der Waals surface area contributed by atoms with Crippen molar-refractivity contribution in [3.05, 3.63) is 52.0 Å². The minimum atomic E-state index is 0.0211. The Bertz CT molecular complexity index is 574. The highest BCUT2D eigenvalue weighted by atomic mass is 32.1. The fourth-order valence-corrected chi connectivity index (χ4v) is 4.79. The van der Waals surface area contributed by atoms with E-state index in [-0.39, 0.29) is 5.54 Å². The fourth-order valence-electron chi connectivity index (χ4n) is 3.73. The Hall–Kier alpha value is -1.19. The van der Waals surface area contributed by atoms with E-state index in [1.807, 2.05) is 11.3 Å². The molecule has 0 radical (unpaired) electrons. The lowest BCUT2D eigenvalue weighted by Gasteiger charge is -2.44. The van der Waals surface area contributed by atoms with Crippen LogP contribution in [0.4, 0.5) is 0 Å². The lowest BCUT2D eigenvalue weighted by molar-refractivity contribution is 0.197. The molecule has 1 aromatic heterocycles. The minimum absolute atomic E-state index is 0.0211. The summed E-state index contributed by atoms with van der Waals surface area (Å²) < 4.78 is 0. The molecule has 112 valence electrons. The maximum absolute atomic E-state index is 4.86. The molecule has 1 aliphatic carbocycles. The molecule has 0 spiro atoms. The second-order valence-electron chi connectivity index (χ2n) is 6.00. The number of benzene rings is 1. The van der Waals surface area contributed by atoms with Crippen LogP contribution in [0.3, 0.4) is 0 Å². The first kappa shape index (κ1) is 14.7. The zero-order valence-electron chi connectivity index (χ0n) is 12.9. The number of aromatic nitrogens is 1. The molecule has 21 heavy (non-hydrogen) atoms. The summed E-state index contributed by atoms with van der Waals surface area (Å²) in [6.45, 7) is 5.29. The van der Waals surface area contributed by atoms with Crippen LogP contribution in [0, 0.1) is 6.92 Å². The topological polar surface area (TPSA) is 24.9 Å². The summed E-state index contributed by atoms with van der Waals surface area (Å²) in [5.41, 5.74) is 2.61. The van der Waals surface area contributed by atoms with Crippen LogP contribution in [0.5, 0.6) is 0 Å². The molecular formula is C18H24N2S. The summed E-state index contributed by atoms with van der Waals surface area (Å²) in [4.78, 5) is 4.86. The Balaban J connectivity index is 2.06. The number of aryl methyl sites for hydroxylation is 1. The van der Waals surface area contributed by atoms with Crippen molar-refractivity contribution in [2.45, 2.75) is 51.0 Å². The van der Waals surface area contributed by atoms with Gasteiger partial charge < -0.3 is 5.32 Å². The molecule has 1 saturated carbocycles. The molecule has 3 rings (SSSR count). The Morgan fingerprint density at radius 3 is 2.76 bits per heavy atom. The van der Waals surface area contributed by atoms with E-state index in [1.54, 1.807) is 0 Å². The van der Waals surface area contributed by atoms with Crippen LogP contribution in [-0.2, 0) is 5.54 Å². The number of rotatable bonds is 4. The van der Waals surface area contributed by atoms with Crippen LogP contribution >= 0.6 is 11.3 Å². The highest BCUT2D eigenvalue weighted by molar-refractivity contribution is 7.09. The second kappa shape index (κ2) is 6.29. The molecule has 0 bridgehead atoms. The molecule has 0 saturated heterocycles. The molecule has 3 heteroatoms. The molecule has 1 fully saturated rings. The van der Waals surface area contributed by atoms with E-state index in [0.717, 1.165) is 12.2 Å². The first-order valence-electron chi connectivity index (χ1n) is 7.99. The van der Waals surface area contributed by atoms with Gasteiger partial charge >= 0.3 is 0 Å². The van der Waals surface area contributed by atoms with Crippen molar-refractivity contribution in [2.24, 2.45) is 0 Å². The molecule has 2 unspecified atom stereocenters. The maximum Gasteiger partial charge on any atom is 0.114 e. The number of hydrogen-bond acceptors (Lipinski definition) is 3.